The van der Waals surface area contributed by atoms with Gasteiger partial charge in [-0.1, -0.05) is 45.9 Å². The molecule has 0 saturated heterocycles. The van der Waals surface area contributed by atoms with Crippen molar-refractivity contribution < 1.29 is 4.42 Å². The molecular weight excluding hydrogens is 262 g/mol. The summed E-state index contributed by atoms with van der Waals surface area (Å²) in [7, 11) is 0. The van der Waals surface area contributed by atoms with Gasteiger partial charge in [-0.25, -0.2) is 0 Å². The molecule has 1 heterocycles. The normalized spacial score (nSPS) is 11.8. The van der Waals surface area contributed by atoms with Crippen LogP contribution >= 0.6 is 0 Å². The Hall–Kier alpha value is -1.68. The lowest BCUT2D eigenvalue weighted by molar-refractivity contribution is 0.492. The predicted molar refractivity (Wildman–Crippen MR) is 85.3 cm³/mol. The molecule has 0 radical (unpaired) electrons. The smallest absolute Gasteiger partial charge is 0.248 e. The molecule has 0 spiro atoms. The van der Waals surface area contributed by atoms with Crippen LogP contribution in [0.2, 0.25) is 0 Å². The van der Waals surface area contributed by atoms with E-state index in [0.717, 1.165) is 31.5 Å². The molecule has 0 aliphatic rings. The highest BCUT2D eigenvalue weighted by atomic mass is 16.4. The van der Waals surface area contributed by atoms with Crippen molar-refractivity contribution >= 4 is 0 Å². The fraction of sp³-hybridized carbons (Fsp3) is 0.529. The molecule has 0 saturated carbocycles. The number of rotatable bonds is 6. The molecule has 1 N–H and O–H groups in total. The molecule has 2 aromatic rings. The minimum absolute atomic E-state index is 0.0495. The van der Waals surface area contributed by atoms with Gasteiger partial charge in [0, 0.05) is 18.5 Å². The maximum absolute atomic E-state index is 5.82. The summed E-state index contributed by atoms with van der Waals surface area (Å²) in [5.41, 5.74) is 2.31. The maximum Gasteiger partial charge on any atom is 0.248 e. The molecule has 114 valence electrons. The van der Waals surface area contributed by atoms with Gasteiger partial charge >= 0.3 is 0 Å². The maximum atomic E-state index is 5.82. The first-order chi connectivity index (χ1) is 10.0. The van der Waals surface area contributed by atoms with Crippen LogP contribution in [0.1, 0.15) is 45.6 Å². The highest BCUT2D eigenvalue weighted by Crippen LogP contribution is 2.31. The van der Waals surface area contributed by atoms with Crippen LogP contribution < -0.4 is 5.32 Å². The van der Waals surface area contributed by atoms with Gasteiger partial charge < -0.3 is 9.73 Å². The van der Waals surface area contributed by atoms with Crippen LogP contribution in [0.3, 0.4) is 0 Å². The van der Waals surface area contributed by atoms with E-state index in [1.54, 1.807) is 0 Å². The Balaban J connectivity index is 2.15. The summed E-state index contributed by atoms with van der Waals surface area (Å²) in [6.07, 6.45) is 1.90. The van der Waals surface area contributed by atoms with Crippen molar-refractivity contribution in [3.63, 3.8) is 0 Å². The van der Waals surface area contributed by atoms with Crippen LogP contribution in [-0.2, 0) is 11.8 Å². The Morgan fingerprint density at radius 3 is 2.57 bits per heavy atom. The highest BCUT2D eigenvalue weighted by molar-refractivity contribution is 5.60. The molecule has 2 rings (SSSR count). The van der Waals surface area contributed by atoms with E-state index in [-0.39, 0.29) is 5.41 Å². The van der Waals surface area contributed by atoms with Gasteiger partial charge in [0.1, 0.15) is 0 Å². The van der Waals surface area contributed by atoms with E-state index in [0.29, 0.717) is 11.8 Å². The zero-order valence-corrected chi connectivity index (χ0v) is 13.4. The third-order valence-electron chi connectivity index (χ3n) is 3.37. The number of aromatic nitrogens is 2. The van der Waals surface area contributed by atoms with Crippen molar-refractivity contribution in [2.45, 2.75) is 46.0 Å². The Kier molecular flexibility index (Phi) is 5.12. The van der Waals surface area contributed by atoms with Crippen molar-refractivity contribution in [1.82, 2.24) is 15.5 Å². The molecule has 0 bridgehead atoms. The first kappa shape index (κ1) is 15.7. The lowest BCUT2D eigenvalue weighted by atomic mass is 9.84. The van der Waals surface area contributed by atoms with E-state index < -0.39 is 0 Å². The monoisotopic (exact) mass is 287 g/mol. The summed E-state index contributed by atoms with van der Waals surface area (Å²) in [5.74, 6) is 1.31. The number of nitrogens with one attached hydrogen (secondary N) is 1. The Morgan fingerprint density at radius 2 is 1.86 bits per heavy atom. The molecule has 4 nitrogen and oxygen atoms in total. The molecule has 1 aromatic carbocycles. The second-order valence-corrected chi connectivity index (χ2v) is 6.30. The van der Waals surface area contributed by atoms with E-state index >= 15 is 0 Å². The molecule has 0 aliphatic carbocycles. The largest absolute Gasteiger partial charge is 0.421 e. The van der Waals surface area contributed by atoms with Crippen LogP contribution in [0.4, 0.5) is 0 Å². The molecule has 21 heavy (non-hydrogen) atoms. The van der Waals surface area contributed by atoms with E-state index in [9.17, 15) is 0 Å². The molecule has 0 fully saturated rings. The second kappa shape index (κ2) is 6.85. The molecule has 0 atom stereocenters. The minimum atomic E-state index is 0.0495. The number of nitrogens with zero attached hydrogens (tertiary/aromatic N) is 2. The summed E-state index contributed by atoms with van der Waals surface area (Å²) in [4.78, 5) is 0. The van der Waals surface area contributed by atoms with Gasteiger partial charge in [0.15, 0.2) is 0 Å². The van der Waals surface area contributed by atoms with E-state index in [1.807, 2.05) is 12.1 Å². The van der Waals surface area contributed by atoms with Gasteiger partial charge in [0.05, 0.1) is 0 Å². The summed E-state index contributed by atoms with van der Waals surface area (Å²) in [6.45, 7) is 10.6. The average Bonchev–Trinajstić information content (AvgIpc) is 2.91. The van der Waals surface area contributed by atoms with Gasteiger partial charge in [-0.2, -0.15) is 0 Å². The third-order valence-corrected chi connectivity index (χ3v) is 3.37. The SMILES string of the molecule is CCCNCCc1nnc(-c2ccccc2C(C)(C)C)o1. The first-order valence-corrected chi connectivity index (χ1v) is 7.65. The molecular formula is C17H25N3O. The van der Waals surface area contributed by atoms with Crippen LogP contribution in [0, 0.1) is 0 Å². The third kappa shape index (κ3) is 4.14. The fourth-order valence-corrected chi connectivity index (χ4v) is 2.28. The van der Waals surface area contributed by atoms with Gasteiger partial charge in [-0.3, -0.25) is 0 Å². The minimum Gasteiger partial charge on any atom is -0.421 e. The van der Waals surface area contributed by atoms with Gasteiger partial charge in [-0.15, -0.1) is 10.2 Å². The van der Waals surface area contributed by atoms with E-state index in [4.69, 9.17) is 4.42 Å². The second-order valence-electron chi connectivity index (χ2n) is 6.30. The fourth-order valence-electron chi connectivity index (χ4n) is 2.28. The van der Waals surface area contributed by atoms with E-state index in [1.165, 1.54) is 5.56 Å². The van der Waals surface area contributed by atoms with Crippen molar-refractivity contribution in [3.05, 3.63) is 35.7 Å². The van der Waals surface area contributed by atoms with Gasteiger partial charge in [0.25, 0.3) is 0 Å². The van der Waals surface area contributed by atoms with Gasteiger partial charge in [0.2, 0.25) is 11.8 Å². The zero-order chi connectivity index (χ0) is 15.3. The summed E-state index contributed by atoms with van der Waals surface area (Å²) in [6, 6.07) is 8.24. The number of hydrogen-bond acceptors (Lipinski definition) is 4. The van der Waals surface area contributed by atoms with Gasteiger partial charge in [-0.05, 0) is 30.0 Å². The topological polar surface area (TPSA) is 51.0 Å². The van der Waals surface area contributed by atoms with E-state index in [2.05, 4.69) is 55.3 Å². The van der Waals surface area contributed by atoms with Crippen molar-refractivity contribution in [2.75, 3.05) is 13.1 Å². The summed E-state index contributed by atoms with van der Waals surface area (Å²) < 4.78 is 5.82. The van der Waals surface area contributed by atoms with Crippen LogP contribution in [0.25, 0.3) is 11.5 Å². The van der Waals surface area contributed by atoms with Crippen LogP contribution in [-0.4, -0.2) is 23.3 Å². The van der Waals surface area contributed by atoms with Crippen molar-refractivity contribution in [2.24, 2.45) is 0 Å². The molecule has 4 heteroatoms. The lowest BCUT2D eigenvalue weighted by Gasteiger charge is -2.21. The Labute approximate surface area is 127 Å². The molecule has 0 amide bonds. The van der Waals surface area contributed by atoms with Crippen LogP contribution in [0.5, 0.6) is 0 Å². The Morgan fingerprint density at radius 1 is 1.10 bits per heavy atom. The summed E-state index contributed by atoms with van der Waals surface area (Å²) in [5, 5.41) is 11.7. The molecule has 0 aliphatic heterocycles. The standard InChI is InChI=1S/C17H25N3O/c1-5-11-18-12-10-15-19-20-16(21-15)13-8-6-7-9-14(13)17(2,3)4/h6-9,18H,5,10-12H2,1-4H3. The number of hydrogen-bond donors (Lipinski definition) is 1. The number of benzene rings is 1. The zero-order valence-electron chi connectivity index (χ0n) is 13.4. The average molecular weight is 287 g/mol. The van der Waals surface area contributed by atoms with Crippen molar-refractivity contribution in [3.8, 4) is 11.5 Å². The lowest BCUT2D eigenvalue weighted by Crippen LogP contribution is -2.17. The van der Waals surface area contributed by atoms with Crippen molar-refractivity contribution in [1.29, 1.82) is 0 Å². The summed E-state index contributed by atoms with van der Waals surface area (Å²) >= 11 is 0. The van der Waals surface area contributed by atoms with Crippen LogP contribution in [0.15, 0.2) is 28.7 Å². The molecule has 1 aromatic heterocycles. The molecule has 0 unspecified atom stereocenters. The quantitative estimate of drug-likeness (QED) is 0.825. The Bertz CT molecular complexity index is 569. The predicted octanol–water partition coefficient (Wildman–Crippen LogP) is 3.58. The first-order valence-electron chi connectivity index (χ1n) is 7.65. The highest BCUT2D eigenvalue weighted by Gasteiger charge is 2.21.